The molecule has 0 unspecified atom stereocenters. The first-order chi connectivity index (χ1) is 13.1. The van der Waals surface area contributed by atoms with Crippen LogP contribution in [0.5, 0.6) is 0 Å². The highest BCUT2D eigenvalue weighted by Crippen LogP contribution is 2.42. The number of aliphatic hydroxyl groups excluding tert-OH is 1. The van der Waals surface area contributed by atoms with Gasteiger partial charge in [-0.1, -0.05) is 0 Å². The molecule has 1 saturated carbocycles. The molecule has 4 aromatic heterocycles. The summed E-state index contributed by atoms with van der Waals surface area (Å²) in [6, 6.07) is 8.20. The van der Waals surface area contributed by atoms with Crippen molar-refractivity contribution in [2.45, 2.75) is 25.0 Å². The van der Waals surface area contributed by atoms with Crippen molar-refractivity contribution in [2.75, 3.05) is 7.11 Å². The van der Waals surface area contributed by atoms with E-state index < -0.39 is 6.10 Å². The normalized spacial score (nSPS) is 20.9. The Kier molecular flexibility index (Phi) is 3.96. The van der Waals surface area contributed by atoms with Crippen LogP contribution in [-0.4, -0.2) is 38.1 Å². The Morgan fingerprint density at radius 1 is 1.26 bits per heavy atom. The van der Waals surface area contributed by atoms with Gasteiger partial charge in [-0.3, -0.25) is 4.68 Å². The van der Waals surface area contributed by atoms with Crippen molar-refractivity contribution < 1.29 is 9.84 Å². The summed E-state index contributed by atoms with van der Waals surface area (Å²) in [4.78, 5) is 11.2. The first-order valence-corrected chi connectivity index (χ1v) is 9.83. The van der Waals surface area contributed by atoms with Crippen LogP contribution in [0.15, 0.2) is 36.7 Å². The van der Waals surface area contributed by atoms with E-state index >= 15 is 0 Å². The van der Waals surface area contributed by atoms with E-state index in [4.69, 9.17) is 9.72 Å². The summed E-state index contributed by atoms with van der Waals surface area (Å²) in [5, 5.41) is 17.0. The topological polar surface area (TPSA) is 73.1 Å². The van der Waals surface area contributed by atoms with Crippen LogP contribution in [0.3, 0.4) is 0 Å². The van der Waals surface area contributed by atoms with E-state index in [1.54, 1.807) is 23.1 Å². The molecule has 0 saturated heterocycles. The minimum Gasteiger partial charge on any atom is -0.387 e. The first-order valence-electron chi connectivity index (χ1n) is 9.02. The number of aryl methyl sites for hydroxylation is 1. The second-order valence-corrected chi connectivity index (χ2v) is 8.28. The van der Waals surface area contributed by atoms with Gasteiger partial charge >= 0.3 is 0 Å². The number of hydrogen-bond acceptors (Lipinski definition) is 6. The number of hydrogen-bond donors (Lipinski definition) is 1. The summed E-state index contributed by atoms with van der Waals surface area (Å²) in [7, 11) is 3.62. The van der Waals surface area contributed by atoms with Crippen LogP contribution in [0.25, 0.3) is 32.5 Å². The molecule has 1 aliphatic carbocycles. The van der Waals surface area contributed by atoms with Gasteiger partial charge in [0.2, 0.25) is 0 Å². The van der Waals surface area contributed by atoms with Crippen LogP contribution in [0, 0.1) is 5.92 Å². The fourth-order valence-corrected chi connectivity index (χ4v) is 4.82. The van der Waals surface area contributed by atoms with Gasteiger partial charge in [0, 0.05) is 47.8 Å². The Labute approximate surface area is 160 Å². The van der Waals surface area contributed by atoms with Gasteiger partial charge < -0.3 is 9.84 Å². The summed E-state index contributed by atoms with van der Waals surface area (Å²) < 4.78 is 7.09. The van der Waals surface area contributed by atoms with Gasteiger partial charge in [0.1, 0.15) is 4.83 Å². The third kappa shape index (κ3) is 2.92. The zero-order valence-corrected chi connectivity index (χ0v) is 16.0. The molecular weight excluding hydrogens is 360 g/mol. The van der Waals surface area contributed by atoms with E-state index in [1.807, 2.05) is 25.5 Å². The number of thiophene rings is 1. The standard InChI is InChI=1S/C20H20N4O2S/c1-24-10-14-5-13(9-21-19(14)23-24)16-4-3-11-8-17(27-20(11)22-16)18(25)12-6-15(7-12)26-2/h3-5,8-10,12,15,18,25H,6-7H2,1-2H3/t12-,15+,18-/m0/s1. The van der Waals surface area contributed by atoms with Crippen LogP contribution in [0.2, 0.25) is 0 Å². The average Bonchev–Trinajstić information content (AvgIpc) is 3.21. The molecule has 0 aliphatic heterocycles. The summed E-state index contributed by atoms with van der Waals surface area (Å²) in [6.07, 6.45) is 5.45. The predicted octanol–water partition coefficient (Wildman–Crippen LogP) is 3.70. The van der Waals surface area contributed by atoms with Crippen molar-refractivity contribution >= 4 is 32.6 Å². The second-order valence-electron chi connectivity index (χ2n) is 7.21. The third-order valence-electron chi connectivity index (χ3n) is 5.37. The first kappa shape index (κ1) is 16.8. The minimum atomic E-state index is -0.438. The summed E-state index contributed by atoms with van der Waals surface area (Å²) in [5.41, 5.74) is 2.58. The minimum absolute atomic E-state index is 0.277. The zero-order valence-electron chi connectivity index (χ0n) is 15.2. The highest BCUT2D eigenvalue weighted by atomic mass is 32.1. The quantitative estimate of drug-likeness (QED) is 0.584. The highest BCUT2D eigenvalue weighted by Gasteiger charge is 2.35. The molecular formula is C20H20N4O2S. The Morgan fingerprint density at radius 3 is 2.93 bits per heavy atom. The molecule has 138 valence electrons. The van der Waals surface area contributed by atoms with E-state index in [-0.39, 0.29) is 5.92 Å². The molecule has 0 bridgehead atoms. The monoisotopic (exact) mass is 380 g/mol. The lowest BCUT2D eigenvalue weighted by atomic mass is 9.78. The number of aromatic nitrogens is 4. The van der Waals surface area contributed by atoms with Gasteiger partial charge in [-0.15, -0.1) is 11.3 Å². The molecule has 1 N–H and O–H groups in total. The zero-order chi connectivity index (χ0) is 18.5. The lowest BCUT2D eigenvalue weighted by molar-refractivity contribution is -0.0501. The number of fused-ring (bicyclic) bond motifs is 2. The van der Waals surface area contributed by atoms with Crippen LogP contribution in [0.1, 0.15) is 23.8 Å². The van der Waals surface area contributed by atoms with Crippen LogP contribution in [-0.2, 0) is 11.8 Å². The number of methoxy groups -OCH3 is 1. The van der Waals surface area contributed by atoms with E-state index in [1.165, 1.54) is 0 Å². The molecule has 0 amide bonds. The molecule has 0 aromatic carbocycles. The van der Waals surface area contributed by atoms with Crippen molar-refractivity contribution in [1.29, 1.82) is 0 Å². The van der Waals surface area contributed by atoms with E-state index in [0.29, 0.717) is 6.10 Å². The Bertz CT molecular complexity index is 1130. The Balaban J connectivity index is 1.46. The Hall–Kier alpha value is -2.35. The lowest BCUT2D eigenvalue weighted by Gasteiger charge is -2.36. The number of rotatable bonds is 4. The maximum Gasteiger partial charge on any atom is 0.181 e. The maximum atomic E-state index is 10.7. The number of ether oxygens (including phenoxy) is 1. The SMILES string of the molecule is CO[C@H]1C[C@@H]([C@H](O)c2cc3ccc(-c4cnc5nn(C)cc5c4)nc3s2)C1. The summed E-state index contributed by atoms with van der Waals surface area (Å²) in [5.74, 6) is 0.277. The van der Waals surface area contributed by atoms with Crippen LogP contribution >= 0.6 is 11.3 Å². The number of aliphatic hydroxyl groups is 1. The van der Waals surface area contributed by atoms with Crippen LogP contribution < -0.4 is 0 Å². The second kappa shape index (κ2) is 6.37. The lowest BCUT2D eigenvalue weighted by Crippen LogP contribution is -2.34. The van der Waals surface area contributed by atoms with E-state index in [0.717, 1.165) is 50.2 Å². The molecule has 27 heavy (non-hydrogen) atoms. The van der Waals surface area contributed by atoms with E-state index in [9.17, 15) is 5.11 Å². The molecule has 6 nitrogen and oxygen atoms in total. The van der Waals surface area contributed by atoms with Crippen molar-refractivity contribution in [3.8, 4) is 11.3 Å². The number of pyridine rings is 2. The molecule has 1 atom stereocenters. The summed E-state index contributed by atoms with van der Waals surface area (Å²) >= 11 is 1.57. The van der Waals surface area contributed by atoms with Gasteiger partial charge in [0.05, 0.1) is 17.9 Å². The molecule has 1 aliphatic rings. The fraction of sp³-hybridized carbons (Fsp3) is 0.350. The van der Waals surface area contributed by atoms with Crippen molar-refractivity contribution in [3.63, 3.8) is 0 Å². The predicted molar refractivity (Wildman–Crippen MR) is 106 cm³/mol. The molecule has 1 fully saturated rings. The van der Waals surface area contributed by atoms with Crippen molar-refractivity contribution in [2.24, 2.45) is 13.0 Å². The van der Waals surface area contributed by atoms with Gasteiger partial charge in [0.25, 0.3) is 0 Å². The van der Waals surface area contributed by atoms with Gasteiger partial charge in [-0.25, -0.2) is 9.97 Å². The van der Waals surface area contributed by atoms with Crippen molar-refractivity contribution in [1.82, 2.24) is 19.7 Å². The molecule has 0 radical (unpaired) electrons. The molecule has 4 aromatic rings. The van der Waals surface area contributed by atoms with Crippen molar-refractivity contribution in [3.05, 3.63) is 41.5 Å². The Morgan fingerprint density at radius 2 is 2.11 bits per heavy atom. The molecule has 0 spiro atoms. The maximum absolute atomic E-state index is 10.7. The average molecular weight is 380 g/mol. The number of nitrogens with zero attached hydrogens (tertiary/aromatic N) is 4. The highest BCUT2D eigenvalue weighted by molar-refractivity contribution is 7.18. The fourth-order valence-electron chi connectivity index (χ4n) is 3.71. The van der Waals surface area contributed by atoms with Gasteiger partial charge in [-0.05, 0) is 43.0 Å². The molecule has 5 rings (SSSR count). The smallest absolute Gasteiger partial charge is 0.181 e. The third-order valence-corrected chi connectivity index (χ3v) is 6.49. The summed E-state index contributed by atoms with van der Waals surface area (Å²) in [6.45, 7) is 0. The molecule has 4 heterocycles. The molecule has 7 heteroatoms. The van der Waals surface area contributed by atoms with Gasteiger partial charge in [0.15, 0.2) is 5.65 Å². The van der Waals surface area contributed by atoms with Crippen LogP contribution in [0.4, 0.5) is 0 Å². The van der Waals surface area contributed by atoms with E-state index in [2.05, 4.69) is 28.3 Å². The largest absolute Gasteiger partial charge is 0.387 e. The van der Waals surface area contributed by atoms with Gasteiger partial charge in [-0.2, -0.15) is 5.10 Å².